The van der Waals surface area contributed by atoms with Crippen LogP contribution in [0.4, 0.5) is 5.13 Å². The van der Waals surface area contributed by atoms with Crippen molar-refractivity contribution in [2.75, 3.05) is 18.0 Å². The van der Waals surface area contributed by atoms with Crippen molar-refractivity contribution in [2.45, 2.75) is 34.5 Å². The summed E-state index contributed by atoms with van der Waals surface area (Å²) in [5.74, 6) is 0. The third-order valence-electron chi connectivity index (χ3n) is 3.59. The van der Waals surface area contributed by atoms with Crippen LogP contribution in [0.3, 0.4) is 0 Å². The maximum absolute atomic E-state index is 6.16. The van der Waals surface area contributed by atoms with Crippen LogP contribution in [0.15, 0.2) is 33.5 Å². The Labute approximate surface area is 137 Å². The summed E-state index contributed by atoms with van der Waals surface area (Å²) in [4.78, 5) is 3.40. The lowest BCUT2D eigenvalue weighted by atomic mass is 9.91. The van der Waals surface area contributed by atoms with Gasteiger partial charge >= 0.3 is 0 Å². The highest BCUT2D eigenvalue weighted by atomic mass is 35.5. The minimum atomic E-state index is -0.0396. The van der Waals surface area contributed by atoms with E-state index in [0.29, 0.717) is 0 Å². The van der Waals surface area contributed by atoms with Crippen LogP contribution in [0.25, 0.3) is 0 Å². The first-order chi connectivity index (χ1) is 10.0. The smallest absolute Gasteiger partial charge is 0.209 e. The van der Waals surface area contributed by atoms with Crippen LogP contribution >= 0.6 is 34.7 Å². The van der Waals surface area contributed by atoms with Crippen LogP contribution in [0.5, 0.6) is 0 Å². The number of benzene rings is 1. The standard InChI is InChI=1S/C14H17ClN4S2/c1-14(16)6-8-19(9-7-14)12-17-18-13(21-12)20-11-4-2-10(15)3-5-11/h2-5H,6-9,16H2,1H3. The van der Waals surface area contributed by atoms with Gasteiger partial charge < -0.3 is 10.6 Å². The summed E-state index contributed by atoms with van der Waals surface area (Å²) in [6.07, 6.45) is 1.98. The molecule has 0 spiro atoms. The summed E-state index contributed by atoms with van der Waals surface area (Å²) in [7, 11) is 0. The van der Waals surface area contributed by atoms with Crippen molar-refractivity contribution in [3.05, 3.63) is 29.3 Å². The number of rotatable bonds is 3. The molecule has 0 saturated carbocycles. The Morgan fingerprint density at radius 1 is 1.24 bits per heavy atom. The summed E-state index contributed by atoms with van der Waals surface area (Å²) in [5.41, 5.74) is 6.12. The first-order valence-corrected chi connectivity index (χ1v) is 8.84. The van der Waals surface area contributed by atoms with E-state index in [4.69, 9.17) is 17.3 Å². The molecular weight excluding hydrogens is 324 g/mol. The highest BCUT2D eigenvalue weighted by Gasteiger charge is 2.27. The zero-order valence-corrected chi connectivity index (χ0v) is 14.1. The van der Waals surface area contributed by atoms with E-state index < -0.39 is 0 Å². The SMILES string of the molecule is CC1(N)CCN(c2nnc(Sc3ccc(Cl)cc3)s2)CC1. The van der Waals surface area contributed by atoms with E-state index in [1.807, 2.05) is 24.3 Å². The van der Waals surface area contributed by atoms with Crippen molar-refractivity contribution >= 4 is 39.8 Å². The van der Waals surface area contributed by atoms with Crippen molar-refractivity contribution in [2.24, 2.45) is 5.73 Å². The van der Waals surface area contributed by atoms with Gasteiger partial charge in [0.15, 0.2) is 4.34 Å². The Morgan fingerprint density at radius 2 is 1.90 bits per heavy atom. The van der Waals surface area contributed by atoms with E-state index >= 15 is 0 Å². The maximum atomic E-state index is 6.16. The predicted octanol–water partition coefficient (Wildman–Crippen LogP) is 3.66. The van der Waals surface area contributed by atoms with Gasteiger partial charge in [-0.1, -0.05) is 34.7 Å². The molecule has 4 nitrogen and oxygen atoms in total. The number of anilines is 1. The summed E-state index contributed by atoms with van der Waals surface area (Å²) < 4.78 is 0.952. The van der Waals surface area contributed by atoms with Gasteiger partial charge in [-0.25, -0.2) is 0 Å². The second kappa shape index (κ2) is 6.12. The predicted molar refractivity (Wildman–Crippen MR) is 89.5 cm³/mol. The molecule has 21 heavy (non-hydrogen) atoms. The molecule has 0 amide bonds. The van der Waals surface area contributed by atoms with Gasteiger partial charge in [0.1, 0.15) is 0 Å². The third-order valence-corrected chi connectivity index (χ3v) is 5.89. The largest absolute Gasteiger partial charge is 0.346 e. The molecule has 0 bridgehead atoms. The molecule has 1 aliphatic rings. The molecule has 1 fully saturated rings. The number of aromatic nitrogens is 2. The molecule has 1 saturated heterocycles. The molecule has 1 aromatic carbocycles. The van der Waals surface area contributed by atoms with Gasteiger partial charge in [-0.05, 0) is 44.0 Å². The maximum Gasteiger partial charge on any atom is 0.209 e. The van der Waals surface area contributed by atoms with Gasteiger partial charge in [-0.15, -0.1) is 10.2 Å². The van der Waals surface area contributed by atoms with Gasteiger partial charge in [0.05, 0.1) is 0 Å². The lowest BCUT2D eigenvalue weighted by Crippen LogP contribution is -2.48. The fourth-order valence-electron chi connectivity index (χ4n) is 2.18. The van der Waals surface area contributed by atoms with Crippen molar-refractivity contribution in [1.82, 2.24) is 10.2 Å². The van der Waals surface area contributed by atoms with Crippen LogP contribution < -0.4 is 10.6 Å². The second-order valence-electron chi connectivity index (χ2n) is 5.55. The first-order valence-electron chi connectivity index (χ1n) is 6.83. The van der Waals surface area contributed by atoms with Crippen molar-refractivity contribution in [3.63, 3.8) is 0 Å². The molecule has 112 valence electrons. The molecule has 1 aromatic heterocycles. The number of nitrogens with two attached hydrogens (primary N) is 1. The van der Waals surface area contributed by atoms with Gasteiger partial charge in [0, 0.05) is 28.5 Å². The van der Waals surface area contributed by atoms with E-state index in [9.17, 15) is 0 Å². The fourth-order valence-corrected chi connectivity index (χ4v) is 4.18. The van der Waals surface area contributed by atoms with Gasteiger partial charge in [0.2, 0.25) is 5.13 Å². The lowest BCUT2D eigenvalue weighted by molar-refractivity contribution is 0.364. The van der Waals surface area contributed by atoms with Gasteiger partial charge in [0.25, 0.3) is 0 Å². The molecule has 0 unspecified atom stereocenters. The zero-order valence-electron chi connectivity index (χ0n) is 11.8. The quantitative estimate of drug-likeness (QED) is 0.924. The number of nitrogens with zero attached hydrogens (tertiary/aromatic N) is 3. The molecule has 2 N–H and O–H groups in total. The highest BCUT2D eigenvalue weighted by molar-refractivity contribution is 8.01. The number of piperidine rings is 1. The summed E-state index contributed by atoms with van der Waals surface area (Å²) in [6.45, 7) is 4.02. The summed E-state index contributed by atoms with van der Waals surface area (Å²) in [6, 6.07) is 7.76. The van der Waals surface area contributed by atoms with E-state index in [0.717, 1.165) is 45.3 Å². The minimum Gasteiger partial charge on any atom is -0.346 e. The van der Waals surface area contributed by atoms with Crippen LogP contribution in [0.1, 0.15) is 19.8 Å². The van der Waals surface area contributed by atoms with E-state index in [1.54, 1.807) is 23.1 Å². The van der Waals surface area contributed by atoms with E-state index in [1.165, 1.54) is 0 Å². The van der Waals surface area contributed by atoms with Crippen LogP contribution in [-0.2, 0) is 0 Å². The molecule has 0 aliphatic carbocycles. The van der Waals surface area contributed by atoms with E-state index in [-0.39, 0.29) is 5.54 Å². The number of halogens is 1. The van der Waals surface area contributed by atoms with Crippen LogP contribution in [0, 0.1) is 0 Å². The van der Waals surface area contributed by atoms with E-state index in [2.05, 4.69) is 22.0 Å². The molecule has 3 rings (SSSR count). The number of hydrogen-bond donors (Lipinski definition) is 1. The first kappa shape index (κ1) is 15.1. The second-order valence-corrected chi connectivity index (χ2v) is 8.26. The summed E-state index contributed by atoms with van der Waals surface area (Å²) in [5, 5.41) is 10.3. The molecular formula is C14H17ClN4S2. The van der Waals surface area contributed by atoms with Crippen LogP contribution in [-0.4, -0.2) is 28.8 Å². The Hall–Kier alpha value is -0.820. The average Bonchev–Trinajstić information content (AvgIpc) is 2.90. The lowest BCUT2D eigenvalue weighted by Gasteiger charge is -2.36. The zero-order chi connectivity index (χ0) is 14.9. The van der Waals surface area contributed by atoms with Crippen molar-refractivity contribution in [1.29, 1.82) is 0 Å². The minimum absolute atomic E-state index is 0.0396. The highest BCUT2D eigenvalue weighted by Crippen LogP contribution is 2.35. The molecule has 7 heteroatoms. The number of hydrogen-bond acceptors (Lipinski definition) is 6. The molecule has 2 aromatic rings. The van der Waals surface area contributed by atoms with Crippen molar-refractivity contribution < 1.29 is 0 Å². The molecule has 2 heterocycles. The Kier molecular flexibility index (Phi) is 4.40. The van der Waals surface area contributed by atoms with Crippen molar-refractivity contribution in [3.8, 4) is 0 Å². The summed E-state index contributed by atoms with van der Waals surface area (Å²) >= 11 is 9.14. The topological polar surface area (TPSA) is 55.0 Å². The Bertz CT molecular complexity index is 602. The van der Waals surface area contributed by atoms with Gasteiger partial charge in [-0.2, -0.15) is 0 Å². The monoisotopic (exact) mass is 340 g/mol. The Balaban J connectivity index is 1.65. The molecule has 0 atom stereocenters. The normalized spacial score (nSPS) is 18.0. The van der Waals surface area contributed by atoms with Gasteiger partial charge in [-0.3, -0.25) is 0 Å². The third kappa shape index (κ3) is 3.88. The fraction of sp³-hybridized carbons (Fsp3) is 0.429. The molecule has 0 radical (unpaired) electrons. The average molecular weight is 341 g/mol. The molecule has 1 aliphatic heterocycles. The Morgan fingerprint density at radius 3 is 2.57 bits per heavy atom. The van der Waals surface area contributed by atoms with Crippen LogP contribution in [0.2, 0.25) is 5.02 Å².